The van der Waals surface area contributed by atoms with Gasteiger partial charge in [0.15, 0.2) is 0 Å². The first-order valence-electron chi connectivity index (χ1n) is 6.68. The van der Waals surface area contributed by atoms with E-state index in [1.54, 1.807) is 10.9 Å². The Morgan fingerprint density at radius 1 is 1.63 bits per heavy atom. The second kappa shape index (κ2) is 5.61. The van der Waals surface area contributed by atoms with Crippen LogP contribution >= 0.6 is 0 Å². The zero-order chi connectivity index (χ0) is 13.9. The molecule has 1 aromatic rings. The van der Waals surface area contributed by atoms with Crippen molar-refractivity contribution in [3.63, 3.8) is 0 Å². The predicted octanol–water partition coefficient (Wildman–Crippen LogP) is 0.423. The molecule has 2 amide bonds. The SMILES string of the molecule is Cn1cc(CCNC(=O)NC(C)(CO)C2CC2)cn1. The van der Waals surface area contributed by atoms with E-state index >= 15 is 0 Å². The molecular weight excluding hydrogens is 244 g/mol. The molecule has 1 aromatic heterocycles. The Morgan fingerprint density at radius 3 is 2.89 bits per heavy atom. The third-order valence-electron chi connectivity index (χ3n) is 3.66. The van der Waals surface area contributed by atoms with Crippen LogP contribution in [0, 0.1) is 5.92 Å². The number of rotatable bonds is 6. The fourth-order valence-electron chi connectivity index (χ4n) is 2.22. The van der Waals surface area contributed by atoms with Crippen molar-refractivity contribution in [3.8, 4) is 0 Å². The summed E-state index contributed by atoms with van der Waals surface area (Å²) < 4.78 is 1.74. The van der Waals surface area contributed by atoms with Gasteiger partial charge in [-0.05, 0) is 37.7 Å². The molecule has 3 N–H and O–H groups in total. The van der Waals surface area contributed by atoms with Gasteiger partial charge in [-0.3, -0.25) is 4.68 Å². The maximum Gasteiger partial charge on any atom is 0.315 e. The number of aliphatic hydroxyl groups excluding tert-OH is 1. The van der Waals surface area contributed by atoms with Gasteiger partial charge >= 0.3 is 6.03 Å². The van der Waals surface area contributed by atoms with Crippen molar-refractivity contribution < 1.29 is 9.90 Å². The highest BCUT2D eigenvalue weighted by Crippen LogP contribution is 2.39. The van der Waals surface area contributed by atoms with Crippen molar-refractivity contribution >= 4 is 6.03 Å². The van der Waals surface area contributed by atoms with Gasteiger partial charge in [-0.2, -0.15) is 5.10 Å². The Bertz CT molecular complexity index is 442. The van der Waals surface area contributed by atoms with Gasteiger partial charge in [0.1, 0.15) is 0 Å². The van der Waals surface area contributed by atoms with E-state index in [1.165, 1.54) is 0 Å². The molecule has 19 heavy (non-hydrogen) atoms. The van der Waals surface area contributed by atoms with E-state index in [1.807, 2.05) is 20.2 Å². The average molecular weight is 266 g/mol. The van der Waals surface area contributed by atoms with E-state index in [9.17, 15) is 9.90 Å². The minimum atomic E-state index is -0.488. The summed E-state index contributed by atoms with van der Waals surface area (Å²) >= 11 is 0. The largest absolute Gasteiger partial charge is 0.394 e. The maximum atomic E-state index is 11.8. The van der Waals surface area contributed by atoms with Crippen LogP contribution in [0.15, 0.2) is 12.4 Å². The van der Waals surface area contributed by atoms with Crippen molar-refractivity contribution in [1.29, 1.82) is 0 Å². The van der Waals surface area contributed by atoms with Crippen molar-refractivity contribution in [2.75, 3.05) is 13.2 Å². The first-order chi connectivity index (χ1) is 9.03. The lowest BCUT2D eigenvalue weighted by molar-refractivity contribution is 0.155. The van der Waals surface area contributed by atoms with Gasteiger partial charge in [-0.25, -0.2) is 4.79 Å². The zero-order valence-corrected chi connectivity index (χ0v) is 11.5. The minimum absolute atomic E-state index is 0.0201. The van der Waals surface area contributed by atoms with Crippen LogP contribution in [0.4, 0.5) is 4.79 Å². The second-order valence-electron chi connectivity index (χ2n) is 5.50. The summed E-state index contributed by atoms with van der Waals surface area (Å²) in [5.74, 6) is 0.404. The van der Waals surface area contributed by atoms with E-state index in [-0.39, 0.29) is 12.6 Å². The molecule has 106 valence electrons. The molecule has 2 rings (SSSR count). The smallest absolute Gasteiger partial charge is 0.315 e. The fraction of sp³-hybridized carbons (Fsp3) is 0.692. The number of carbonyl (C=O) groups excluding carboxylic acids is 1. The Balaban J connectivity index is 1.72. The average Bonchev–Trinajstić information content (AvgIpc) is 3.14. The lowest BCUT2D eigenvalue weighted by Crippen LogP contribution is -2.54. The van der Waals surface area contributed by atoms with Gasteiger partial charge in [-0.1, -0.05) is 0 Å². The van der Waals surface area contributed by atoms with Crippen LogP contribution < -0.4 is 10.6 Å². The number of aryl methyl sites for hydroxylation is 1. The van der Waals surface area contributed by atoms with Crippen molar-refractivity contribution in [2.45, 2.75) is 31.7 Å². The molecule has 0 radical (unpaired) electrons. The second-order valence-corrected chi connectivity index (χ2v) is 5.50. The maximum absolute atomic E-state index is 11.8. The monoisotopic (exact) mass is 266 g/mol. The number of aliphatic hydroxyl groups is 1. The Labute approximate surface area is 113 Å². The van der Waals surface area contributed by atoms with Crippen LogP contribution in [0.3, 0.4) is 0 Å². The van der Waals surface area contributed by atoms with Gasteiger partial charge in [0.05, 0.1) is 18.3 Å². The lowest BCUT2D eigenvalue weighted by Gasteiger charge is -2.28. The van der Waals surface area contributed by atoms with Gasteiger partial charge < -0.3 is 15.7 Å². The van der Waals surface area contributed by atoms with Crippen LogP contribution in [0.1, 0.15) is 25.3 Å². The third-order valence-corrected chi connectivity index (χ3v) is 3.66. The van der Waals surface area contributed by atoms with E-state index < -0.39 is 5.54 Å². The molecule has 6 nitrogen and oxygen atoms in total. The summed E-state index contributed by atoms with van der Waals surface area (Å²) in [6, 6.07) is -0.215. The van der Waals surface area contributed by atoms with Crippen LogP contribution in [0.25, 0.3) is 0 Å². The highest BCUT2D eigenvalue weighted by atomic mass is 16.3. The van der Waals surface area contributed by atoms with Crippen molar-refractivity contribution in [1.82, 2.24) is 20.4 Å². The van der Waals surface area contributed by atoms with E-state index in [0.29, 0.717) is 12.5 Å². The van der Waals surface area contributed by atoms with Crippen molar-refractivity contribution in [3.05, 3.63) is 18.0 Å². The molecule has 0 saturated heterocycles. The molecule has 1 unspecified atom stereocenters. The van der Waals surface area contributed by atoms with E-state index in [2.05, 4.69) is 15.7 Å². The molecule has 0 aliphatic heterocycles. The first-order valence-corrected chi connectivity index (χ1v) is 6.68. The number of nitrogens with zero attached hydrogens (tertiary/aromatic N) is 2. The predicted molar refractivity (Wildman–Crippen MR) is 71.7 cm³/mol. The van der Waals surface area contributed by atoms with Crippen molar-refractivity contribution in [2.24, 2.45) is 13.0 Å². The van der Waals surface area contributed by atoms with E-state index in [0.717, 1.165) is 24.8 Å². The summed E-state index contributed by atoms with van der Waals surface area (Å²) in [6.45, 7) is 2.43. The topological polar surface area (TPSA) is 79.2 Å². The number of hydrogen-bond acceptors (Lipinski definition) is 3. The molecule has 0 bridgehead atoms. The fourth-order valence-corrected chi connectivity index (χ4v) is 2.22. The van der Waals surface area contributed by atoms with Gasteiger partial charge in [-0.15, -0.1) is 0 Å². The number of hydrogen-bond donors (Lipinski definition) is 3. The molecule has 1 heterocycles. The first kappa shape index (κ1) is 13.9. The van der Waals surface area contributed by atoms with Crippen LogP contribution in [0.5, 0.6) is 0 Å². The molecule has 0 aromatic carbocycles. The molecule has 0 spiro atoms. The van der Waals surface area contributed by atoms with Gasteiger partial charge in [0.25, 0.3) is 0 Å². The number of aromatic nitrogens is 2. The van der Waals surface area contributed by atoms with Crippen LogP contribution in [0.2, 0.25) is 0 Å². The quantitative estimate of drug-likeness (QED) is 0.698. The van der Waals surface area contributed by atoms with Crippen LogP contribution in [-0.4, -0.2) is 39.6 Å². The highest BCUT2D eigenvalue weighted by Gasteiger charge is 2.42. The Hall–Kier alpha value is -1.56. The summed E-state index contributed by atoms with van der Waals surface area (Å²) in [5.41, 5.74) is 0.605. The molecule has 1 atom stereocenters. The number of urea groups is 1. The van der Waals surface area contributed by atoms with Crippen LogP contribution in [-0.2, 0) is 13.5 Å². The number of nitrogens with one attached hydrogen (secondary N) is 2. The molecule has 1 aliphatic carbocycles. The summed E-state index contributed by atoms with van der Waals surface area (Å²) in [4.78, 5) is 11.8. The van der Waals surface area contributed by atoms with Gasteiger partial charge in [0.2, 0.25) is 0 Å². The summed E-state index contributed by atoms with van der Waals surface area (Å²) in [5, 5.41) is 19.2. The molecule has 1 saturated carbocycles. The molecule has 1 aliphatic rings. The highest BCUT2D eigenvalue weighted by molar-refractivity contribution is 5.74. The normalized spacial score (nSPS) is 17.8. The third kappa shape index (κ3) is 3.70. The number of carbonyl (C=O) groups is 1. The molecular formula is C13H22N4O2. The summed E-state index contributed by atoms with van der Waals surface area (Å²) in [6.07, 6.45) is 6.63. The molecule has 1 fully saturated rings. The standard InChI is InChI=1S/C13H22N4O2/c1-13(9-18,11-3-4-11)16-12(19)14-6-5-10-7-15-17(2)8-10/h7-8,11,18H,3-6,9H2,1-2H3,(H2,14,16,19). The molecule has 6 heteroatoms. The van der Waals surface area contributed by atoms with Gasteiger partial charge in [0, 0.05) is 19.8 Å². The number of amides is 2. The zero-order valence-electron chi connectivity index (χ0n) is 11.5. The Kier molecular flexibility index (Phi) is 4.09. The lowest BCUT2D eigenvalue weighted by atomic mass is 9.97. The minimum Gasteiger partial charge on any atom is -0.394 e. The summed E-state index contributed by atoms with van der Waals surface area (Å²) in [7, 11) is 1.87. The Morgan fingerprint density at radius 2 is 2.37 bits per heavy atom. The van der Waals surface area contributed by atoms with E-state index in [4.69, 9.17) is 0 Å².